The molecule has 0 heterocycles. The zero-order chi connectivity index (χ0) is 16.5. The van der Waals surface area contributed by atoms with Gasteiger partial charge in [-0.3, -0.25) is 0 Å². The van der Waals surface area contributed by atoms with Crippen LogP contribution < -0.4 is 0 Å². The van der Waals surface area contributed by atoms with Crippen LogP contribution in [0.2, 0.25) is 0 Å². The van der Waals surface area contributed by atoms with Gasteiger partial charge in [-0.1, -0.05) is 48.5 Å². The van der Waals surface area contributed by atoms with E-state index in [4.69, 9.17) is 10.00 Å². The van der Waals surface area contributed by atoms with Crippen LogP contribution in [-0.2, 0) is 17.9 Å². The van der Waals surface area contributed by atoms with E-state index in [0.717, 1.165) is 11.1 Å². The van der Waals surface area contributed by atoms with Gasteiger partial charge in [0.05, 0.1) is 11.6 Å². The molecule has 0 radical (unpaired) electrons. The number of benzene rings is 2. The minimum atomic E-state index is -0.406. The van der Waals surface area contributed by atoms with E-state index in [1.165, 1.54) is 0 Å². The SMILES string of the molecule is C=CCN(Cc1cccc(C#N)c1)C(=O)OCc1ccccc1. The highest BCUT2D eigenvalue weighted by atomic mass is 16.6. The van der Waals surface area contributed by atoms with Crippen LogP contribution >= 0.6 is 0 Å². The summed E-state index contributed by atoms with van der Waals surface area (Å²) in [5.41, 5.74) is 2.38. The smallest absolute Gasteiger partial charge is 0.410 e. The van der Waals surface area contributed by atoms with Crippen molar-refractivity contribution in [3.05, 3.63) is 83.9 Å². The normalized spacial score (nSPS) is 9.70. The first-order chi connectivity index (χ1) is 11.2. The molecule has 2 aromatic rings. The second kappa shape index (κ2) is 8.40. The quantitative estimate of drug-likeness (QED) is 0.761. The van der Waals surface area contributed by atoms with Crippen LogP contribution in [0, 0.1) is 11.3 Å². The molecule has 0 aromatic heterocycles. The minimum Gasteiger partial charge on any atom is -0.445 e. The van der Waals surface area contributed by atoms with Crippen LogP contribution in [0.1, 0.15) is 16.7 Å². The maximum Gasteiger partial charge on any atom is 0.410 e. The number of carbonyl (C=O) groups excluding carboxylic acids is 1. The summed E-state index contributed by atoms with van der Waals surface area (Å²) in [4.78, 5) is 13.8. The van der Waals surface area contributed by atoms with E-state index >= 15 is 0 Å². The first-order valence-corrected chi connectivity index (χ1v) is 7.28. The van der Waals surface area contributed by atoms with Gasteiger partial charge in [-0.25, -0.2) is 4.79 Å². The zero-order valence-corrected chi connectivity index (χ0v) is 12.8. The second-order valence-corrected chi connectivity index (χ2v) is 5.02. The average Bonchev–Trinajstić information content (AvgIpc) is 2.60. The molecular formula is C19H18N2O2. The Hall–Kier alpha value is -3.06. The highest BCUT2D eigenvalue weighted by molar-refractivity contribution is 5.68. The monoisotopic (exact) mass is 306 g/mol. The molecular weight excluding hydrogens is 288 g/mol. The molecule has 0 atom stereocenters. The van der Waals surface area contributed by atoms with Crippen molar-refractivity contribution in [2.75, 3.05) is 6.54 Å². The molecule has 0 saturated carbocycles. The molecule has 0 aliphatic rings. The molecule has 0 fully saturated rings. The fourth-order valence-electron chi connectivity index (χ4n) is 2.13. The predicted molar refractivity (Wildman–Crippen MR) is 88.4 cm³/mol. The molecule has 0 saturated heterocycles. The maximum absolute atomic E-state index is 12.3. The van der Waals surface area contributed by atoms with Gasteiger partial charge in [-0.2, -0.15) is 5.26 Å². The minimum absolute atomic E-state index is 0.228. The van der Waals surface area contributed by atoms with E-state index in [-0.39, 0.29) is 6.61 Å². The first kappa shape index (κ1) is 16.3. The molecule has 0 spiro atoms. The van der Waals surface area contributed by atoms with Crippen molar-refractivity contribution in [1.29, 1.82) is 5.26 Å². The molecule has 2 aromatic carbocycles. The van der Waals surface area contributed by atoms with Crippen LogP contribution in [0.3, 0.4) is 0 Å². The third kappa shape index (κ3) is 5.01. The first-order valence-electron chi connectivity index (χ1n) is 7.28. The van der Waals surface area contributed by atoms with E-state index in [1.807, 2.05) is 36.4 Å². The van der Waals surface area contributed by atoms with Gasteiger partial charge in [0.1, 0.15) is 6.61 Å². The number of hydrogen-bond donors (Lipinski definition) is 0. The summed E-state index contributed by atoms with van der Waals surface area (Å²) in [7, 11) is 0. The van der Waals surface area contributed by atoms with Crippen LogP contribution in [0.4, 0.5) is 4.79 Å². The summed E-state index contributed by atoms with van der Waals surface area (Å²) in [5.74, 6) is 0. The summed E-state index contributed by atoms with van der Waals surface area (Å²) in [6.07, 6.45) is 1.24. The van der Waals surface area contributed by atoms with Crippen LogP contribution in [-0.4, -0.2) is 17.5 Å². The lowest BCUT2D eigenvalue weighted by Gasteiger charge is -2.21. The Morgan fingerprint density at radius 3 is 2.61 bits per heavy atom. The number of amides is 1. The summed E-state index contributed by atoms with van der Waals surface area (Å²) in [5, 5.41) is 8.95. The van der Waals surface area contributed by atoms with Crippen molar-refractivity contribution in [1.82, 2.24) is 4.90 Å². The standard InChI is InChI=1S/C19H18N2O2/c1-2-11-21(14-18-10-6-9-17(12-18)13-20)19(22)23-15-16-7-4-3-5-8-16/h2-10,12H,1,11,14-15H2. The highest BCUT2D eigenvalue weighted by Gasteiger charge is 2.14. The highest BCUT2D eigenvalue weighted by Crippen LogP contribution is 2.10. The molecule has 23 heavy (non-hydrogen) atoms. The molecule has 116 valence electrons. The van der Waals surface area contributed by atoms with Crippen molar-refractivity contribution in [3.8, 4) is 6.07 Å². The van der Waals surface area contributed by atoms with E-state index in [0.29, 0.717) is 18.7 Å². The van der Waals surface area contributed by atoms with Crippen molar-refractivity contribution < 1.29 is 9.53 Å². The van der Waals surface area contributed by atoms with Gasteiger partial charge in [0, 0.05) is 13.1 Å². The van der Waals surface area contributed by atoms with Crippen LogP contribution in [0.25, 0.3) is 0 Å². The molecule has 0 bridgehead atoms. The van der Waals surface area contributed by atoms with Crippen molar-refractivity contribution in [2.45, 2.75) is 13.2 Å². The number of nitriles is 1. The third-order valence-electron chi connectivity index (χ3n) is 3.24. The number of nitrogens with zero attached hydrogens (tertiary/aromatic N) is 2. The maximum atomic E-state index is 12.3. The van der Waals surface area contributed by atoms with E-state index in [1.54, 1.807) is 29.2 Å². The molecule has 0 aliphatic carbocycles. The van der Waals surface area contributed by atoms with Crippen LogP contribution in [0.15, 0.2) is 67.3 Å². The molecule has 4 heteroatoms. The van der Waals surface area contributed by atoms with Crippen molar-refractivity contribution >= 4 is 6.09 Å². The fourth-order valence-corrected chi connectivity index (χ4v) is 2.13. The lowest BCUT2D eigenvalue weighted by molar-refractivity contribution is 0.0978. The summed E-state index contributed by atoms with van der Waals surface area (Å²) < 4.78 is 5.35. The Morgan fingerprint density at radius 1 is 1.17 bits per heavy atom. The van der Waals surface area contributed by atoms with Gasteiger partial charge >= 0.3 is 6.09 Å². The van der Waals surface area contributed by atoms with Gasteiger partial charge in [0.15, 0.2) is 0 Å². The molecule has 0 unspecified atom stereocenters. The van der Waals surface area contributed by atoms with Gasteiger partial charge in [-0.05, 0) is 23.3 Å². The number of rotatable bonds is 6. The van der Waals surface area contributed by atoms with E-state index < -0.39 is 6.09 Å². The van der Waals surface area contributed by atoms with Gasteiger partial charge < -0.3 is 9.64 Å². The fraction of sp³-hybridized carbons (Fsp3) is 0.158. The molecule has 2 rings (SSSR count). The van der Waals surface area contributed by atoms with E-state index in [2.05, 4.69) is 12.6 Å². The second-order valence-electron chi connectivity index (χ2n) is 5.02. The number of ether oxygens (including phenoxy) is 1. The van der Waals surface area contributed by atoms with Gasteiger partial charge in [0.2, 0.25) is 0 Å². The Balaban J connectivity index is 2.00. The predicted octanol–water partition coefficient (Wildman–Crippen LogP) is 3.88. The molecule has 0 N–H and O–H groups in total. The average molecular weight is 306 g/mol. The van der Waals surface area contributed by atoms with Gasteiger partial charge in [-0.15, -0.1) is 6.58 Å². The Kier molecular flexibility index (Phi) is 5.96. The van der Waals surface area contributed by atoms with Crippen molar-refractivity contribution in [2.24, 2.45) is 0 Å². The number of carbonyl (C=O) groups is 1. The van der Waals surface area contributed by atoms with Gasteiger partial charge in [0.25, 0.3) is 0 Å². The molecule has 4 nitrogen and oxygen atoms in total. The zero-order valence-electron chi connectivity index (χ0n) is 12.8. The summed E-state index contributed by atoms with van der Waals surface area (Å²) in [6.45, 7) is 4.65. The lowest BCUT2D eigenvalue weighted by atomic mass is 10.1. The summed E-state index contributed by atoms with van der Waals surface area (Å²) in [6, 6.07) is 18.8. The number of hydrogen-bond acceptors (Lipinski definition) is 3. The lowest BCUT2D eigenvalue weighted by Crippen LogP contribution is -2.31. The Bertz CT molecular complexity index is 705. The molecule has 0 aliphatic heterocycles. The molecule has 1 amide bonds. The largest absolute Gasteiger partial charge is 0.445 e. The van der Waals surface area contributed by atoms with Crippen molar-refractivity contribution in [3.63, 3.8) is 0 Å². The summed E-state index contributed by atoms with van der Waals surface area (Å²) >= 11 is 0. The third-order valence-corrected chi connectivity index (χ3v) is 3.24. The topological polar surface area (TPSA) is 53.3 Å². The Morgan fingerprint density at radius 2 is 1.91 bits per heavy atom. The van der Waals surface area contributed by atoms with Crippen LogP contribution in [0.5, 0.6) is 0 Å². The Labute approximate surface area is 136 Å². The van der Waals surface area contributed by atoms with E-state index in [9.17, 15) is 4.79 Å².